The summed E-state index contributed by atoms with van der Waals surface area (Å²) in [7, 11) is 1.61. The highest BCUT2D eigenvalue weighted by Gasteiger charge is 2.31. The van der Waals surface area contributed by atoms with Gasteiger partial charge in [-0.05, 0) is 55.0 Å². The van der Waals surface area contributed by atoms with E-state index in [4.69, 9.17) is 31.2 Å². The summed E-state index contributed by atoms with van der Waals surface area (Å²) in [4.78, 5) is 14.6. The summed E-state index contributed by atoms with van der Waals surface area (Å²) in [5.41, 5.74) is 2.97. The molecule has 5 rings (SSSR count). The van der Waals surface area contributed by atoms with Crippen molar-refractivity contribution in [1.29, 1.82) is 0 Å². The second kappa shape index (κ2) is 9.67. The molecule has 10 heteroatoms. The Labute approximate surface area is 207 Å². The van der Waals surface area contributed by atoms with Crippen molar-refractivity contribution in [1.82, 2.24) is 20.0 Å². The Balaban J connectivity index is 1.31. The third-order valence-corrected chi connectivity index (χ3v) is 5.99. The van der Waals surface area contributed by atoms with Gasteiger partial charge in [-0.15, -0.1) is 0 Å². The van der Waals surface area contributed by atoms with Gasteiger partial charge in [0.1, 0.15) is 23.8 Å². The van der Waals surface area contributed by atoms with E-state index in [1.54, 1.807) is 25.4 Å². The molecule has 0 radical (unpaired) electrons. The van der Waals surface area contributed by atoms with Gasteiger partial charge in [0.25, 0.3) is 5.91 Å². The first-order valence-corrected chi connectivity index (χ1v) is 11.5. The number of nitrogens with zero attached hydrogens (tertiary/aromatic N) is 3. The molecule has 1 aromatic heterocycles. The van der Waals surface area contributed by atoms with Crippen LogP contribution in [0.4, 0.5) is 0 Å². The molecule has 2 aliphatic heterocycles. The topological polar surface area (TPSA) is 87.1 Å². The van der Waals surface area contributed by atoms with Crippen molar-refractivity contribution in [3.05, 3.63) is 71.2 Å². The number of hydrogen-bond donors (Lipinski definition) is 1. The standard InChI is InChI=1S/C25H24N4O5S/c1-3-28-12-17(11-26-28)13-29-24(30)20(27-25(29)35)9-16-4-6-21(31-2)18(8-16)14-32-19-5-7-22-23(10-19)34-15-33-22/h4-12H,3,13-15H2,1-2H3,(H,27,35)/b20-9+. The Bertz CT molecular complexity index is 1320. The van der Waals surface area contributed by atoms with Gasteiger partial charge < -0.3 is 24.3 Å². The Morgan fingerprint density at radius 1 is 1.20 bits per heavy atom. The number of fused-ring (bicyclic) bond motifs is 1. The fourth-order valence-corrected chi connectivity index (χ4v) is 4.11. The van der Waals surface area contributed by atoms with Gasteiger partial charge in [-0.2, -0.15) is 5.10 Å². The van der Waals surface area contributed by atoms with Crippen LogP contribution in [0.3, 0.4) is 0 Å². The lowest BCUT2D eigenvalue weighted by molar-refractivity contribution is -0.122. The monoisotopic (exact) mass is 492 g/mol. The summed E-state index contributed by atoms with van der Waals surface area (Å²) >= 11 is 5.41. The molecule has 180 valence electrons. The quantitative estimate of drug-likeness (QED) is 0.378. The number of ether oxygens (including phenoxy) is 4. The van der Waals surface area contributed by atoms with Crippen LogP contribution in [0.5, 0.6) is 23.0 Å². The van der Waals surface area contributed by atoms with Gasteiger partial charge >= 0.3 is 0 Å². The van der Waals surface area contributed by atoms with Crippen molar-refractivity contribution >= 4 is 29.3 Å². The SMILES string of the molecule is CCn1cc(CN2C(=O)/C(=C\c3ccc(OC)c(COc4ccc5c(c4)OCO5)c3)NC2=S)cn1. The van der Waals surface area contributed by atoms with Crippen LogP contribution in [0.25, 0.3) is 6.08 Å². The third kappa shape index (κ3) is 4.78. The van der Waals surface area contributed by atoms with Gasteiger partial charge in [-0.25, -0.2) is 0 Å². The number of methoxy groups -OCH3 is 1. The molecule has 3 heterocycles. The molecule has 1 saturated heterocycles. The molecule has 3 aromatic rings. The maximum atomic E-state index is 13.0. The van der Waals surface area contributed by atoms with Crippen LogP contribution < -0.4 is 24.3 Å². The first kappa shape index (κ1) is 22.7. The van der Waals surface area contributed by atoms with E-state index in [0.29, 0.717) is 40.4 Å². The Hall–Kier alpha value is -4.05. The number of benzene rings is 2. The van der Waals surface area contributed by atoms with E-state index in [1.165, 1.54) is 4.90 Å². The molecule has 0 spiro atoms. The molecule has 1 amide bonds. The maximum Gasteiger partial charge on any atom is 0.276 e. The van der Waals surface area contributed by atoms with Crippen molar-refractivity contribution in [2.75, 3.05) is 13.9 Å². The molecule has 0 unspecified atom stereocenters. The summed E-state index contributed by atoms with van der Waals surface area (Å²) in [5.74, 6) is 2.50. The fraction of sp³-hybridized carbons (Fsp3) is 0.240. The van der Waals surface area contributed by atoms with Gasteiger partial charge in [-0.1, -0.05) is 6.07 Å². The zero-order chi connectivity index (χ0) is 24.4. The van der Waals surface area contributed by atoms with Crippen LogP contribution in [0.2, 0.25) is 0 Å². The van der Waals surface area contributed by atoms with E-state index in [1.807, 2.05) is 48.1 Å². The number of carbonyl (C=O) groups is 1. The van der Waals surface area contributed by atoms with Crippen LogP contribution in [0, 0.1) is 0 Å². The highest BCUT2D eigenvalue weighted by atomic mass is 32.1. The molecule has 0 bridgehead atoms. The average molecular weight is 493 g/mol. The lowest BCUT2D eigenvalue weighted by Crippen LogP contribution is -2.29. The van der Waals surface area contributed by atoms with Crippen LogP contribution >= 0.6 is 12.2 Å². The van der Waals surface area contributed by atoms with Crippen LogP contribution in [-0.4, -0.2) is 39.6 Å². The molecular weight excluding hydrogens is 468 g/mol. The third-order valence-electron chi connectivity index (χ3n) is 5.67. The smallest absolute Gasteiger partial charge is 0.276 e. The number of nitrogens with one attached hydrogen (secondary N) is 1. The Morgan fingerprint density at radius 3 is 2.86 bits per heavy atom. The minimum Gasteiger partial charge on any atom is -0.496 e. The number of carbonyl (C=O) groups excluding carboxylic acids is 1. The minimum absolute atomic E-state index is 0.187. The van der Waals surface area contributed by atoms with Crippen molar-refractivity contribution in [3.63, 3.8) is 0 Å². The van der Waals surface area contributed by atoms with Gasteiger partial charge in [-0.3, -0.25) is 14.4 Å². The number of hydrogen-bond acceptors (Lipinski definition) is 7. The van der Waals surface area contributed by atoms with E-state index in [2.05, 4.69) is 10.4 Å². The molecule has 9 nitrogen and oxygen atoms in total. The van der Waals surface area contributed by atoms with E-state index >= 15 is 0 Å². The average Bonchev–Trinajstić information content (AvgIpc) is 3.59. The van der Waals surface area contributed by atoms with Gasteiger partial charge in [0.15, 0.2) is 16.6 Å². The minimum atomic E-state index is -0.187. The second-order valence-electron chi connectivity index (χ2n) is 7.96. The predicted molar refractivity (Wildman–Crippen MR) is 132 cm³/mol. The van der Waals surface area contributed by atoms with Crippen molar-refractivity contribution < 1.29 is 23.7 Å². The Kier molecular flexibility index (Phi) is 6.28. The van der Waals surface area contributed by atoms with Gasteiger partial charge in [0.2, 0.25) is 6.79 Å². The summed E-state index contributed by atoms with van der Waals surface area (Å²) < 4.78 is 24.0. The molecule has 0 aliphatic carbocycles. The van der Waals surface area contributed by atoms with E-state index < -0.39 is 0 Å². The van der Waals surface area contributed by atoms with E-state index in [-0.39, 0.29) is 19.3 Å². The van der Waals surface area contributed by atoms with E-state index in [9.17, 15) is 4.79 Å². The molecule has 0 saturated carbocycles. The highest BCUT2D eigenvalue weighted by molar-refractivity contribution is 7.80. The molecular formula is C25H24N4O5S. The first-order valence-electron chi connectivity index (χ1n) is 11.1. The molecule has 2 aromatic carbocycles. The summed E-state index contributed by atoms with van der Waals surface area (Å²) in [6, 6.07) is 11.1. The lowest BCUT2D eigenvalue weighted by atomic mass is 10.1. The normalized spacial score (nSPS) is 15.6. The van der Waals surface area contributed by atoms with Crippen LogP contribution in [-0.2, 0) is 24.5 Å². The van der Waals surface area contributed by atoms with Crippen molar-refractivity contribution in [3.8, 4) is 23.0 Å². The molecule has 35 heavy (non-hydrogen) atoms. The summed E-state index contributed by atoms with van der Waals surface area (Å²) in [6.07, 6.45) is 5.43. The molecule has 1 fully saturated rings. The molecule has 0 atom stereocenters. The largest absolute Gasteiger partial charge is 0.496 e. The Morgan fingerprint density at radius 2 is 2.06 bits per heavy atom. The van der Waals surface area contributed by atoms with Crippen LogP contribution in [0.1, 0.15) is 23.6 Å². The van der Waals surface area contributed by atoms with E-state index in [0.717, 1.165) is 23.2 Å². The zero-order valence-corrected chi connectivity index (χ0v) is 20.1. The van der Waals surface area contributed by atoms with Crippen molar-refractivity contribution in [2.45, 2.75) is 26.6 Å². The lowest BCUT2D eigenvalue weighted by Gasteiger charge is -2.12. The predicted octanol–water partition coefficient (Wildman–Crippen LogP) is 3.48. The van der Waals surface area contributed by atoms with Crippen molar-refractivity contribution in [2.24, 2.45) is 0 Å². The van der Waals surface area contributed by atoms with Gasteiger partial charge in [0, 0.05) is 29.9 Å². The number of rotatable bonds is 8. The summed E-state index contributed by atoms with van der Waals surface area (Å²) in [6.45, 7) is 3.61. The maximum absolute atomic E-state index is 13.0. The highest BCUT2D eigenvalue weighted by Crippen LogP contribution is 2.35. The fourth-order valence-electron chi connectivity index (χ4n) is 3.85. The first-order chi connectivity index (χ1) is 17.0. The number of amides is 1. The number of aryl methyl sites for hydroxylation is 1. The van der Waals surface area contributed by atoms with Crippen LogP contribution in [0.15, 0.2) is 54.5 Å². The molecule has 1 N–H and O–H groups in total. The molecule has 2 aliphatic rings. The zero-order valence-electron chi connectivity index (χ0n) is 19.3. The summed E-state index contributed by atoms with van der Waals surface area (Å²) in [5, 5.41) is 7.65. The number of aromatic nitrogens is 2. The second-order valence-corrected chi connectivity index (χ2v) is 8.35. The van der Waals surface area contributed by atoms with Gasteiger partial charge in [0.05, 0.1) is 19.9 Å². The number of thiocarbonyl (C=S) groups is 1.